The first kappa shape index (κ1) is 27.9. The number of nitrogens with one attached hydrogen (secondary N) is 3. The highest BCUT2D eigenvalue weighted by Crippen LogP contribution is 2.26. The third-order valence-corrected chi connectivity index (χ3v) is 5.70. The van der Waals surface area contributed by atoms with Crippen LogP contribution < -0.4 is 20.9 Å². The lowest BCUT2D eigenvalue weighted by Gasteiger charge is -2.25. The smallest absolute Gasteiger partial charge is 0.361 e. The number of anilines is 1. The van der Waals surface area contributed by atoms with E-state index in [0.29, 0.717) is 17.9 Å². The van der Waals surface area contributed by atoms with Gasteiger partial charge in [-0.3, -0.25) is 14.5 Å². The highest BCUT2D eigenvalue weighted by Gasteiger charge is 2.34. The zero-order valence-corrected chi connectivity index (χ0v) is 21.3. The molecule has 0 radical (unpaired) electrons. The Balaban J connectivity index is 1.39. The van der Waals surface area contributed by atoms with Crippen molar-refractivity contribution in [3.8, 4) is 0 Å². The van der Waals surface area contributed by atoms with Gasteiger partial charge in [0.1, 0.15) is 17.9 Å². The van der Waals surface area contributed by atoms with E-state index < -0.39 is 36.1 Å². The lowest BCUT2D eigenvalue weighted by atomic mass is 10.1. The summed E-state index contributed by atoms with van der Waals surface area (Å²) in [6, 6.07) is -1.53. The zero-order chi connectivity index (χ0) is 29.0. The Kier molecular flexibility index (Phi) is 7.92. The van der Waals surface area contributed by atoms with Crippen LogP contribution in [0.3, 0.4) is 0 Å². The summed E-state index contributed by atoms with van der Waals surface area (Å²) in [7, 11) is 1.40. The molecule has 0 aliphatic carbocycles. The number of dihydropyridines is 1. The van der Waals surface area contributed by atoms with Crippen molar-refractivity contribution >= 4 is 29.7 Å². The molecule has 4 rings (SSSR count). The van der Waals surface area contributed by atoms with Gasteiger partial charge in [0.15, 0.2) is 17.9 Å². The third kappa shape index (κ3) is 6.13. The topological polar surface area (TPSA) is 173 Å². The molecule has 4 heterocycles. The van der Waals surface area contributed by atoms with Crippen LogP contribution in [0, 0.1) is 6.92 Å². The molecule has 0 saturated heterocycles. The van der Waals surface area contributed by atoms with E-state index in [2.05, 4.69) is 41.0 Å². The second kappa shape index (κ2) is 11.3. The molecule has 3 aromatic heterocycles. The Labute approximate surface area is 224 Å². The van der Waals surface area contributed by atoms with Gasteiger partial charge >= 0.3 is 12.2 Å². The Morgan fingerprint density at radius 2 is 2.00 bits per heavy atom. The summed E-state index contributed by atoms with van der Waals surface area (Å²) in [4.78, 5) is 53.4. The molecule has 3 aromatic rings. The van der Waals surface area contributed by atoms with Gasteiger partial charge in [-0.1, -0.05) is 11.2 Å². The van der Waals surface area contributed by atoms with Gasteiger partial charge < -0.3 is 25.0 Å². The molecule has 14 nitrogen and oxygen atoms in total. The summed E-state index contributed by atoms with van der Waals surface area (Å²) in [6.45, 7) is 3.11. The van der Waals surface area contributed by atoms with Crippen LogP contribution in [0.4, 0.5) is 23.8 Å². The molecule has 40 heavy (non-hydrogen) atoms. The van der Waals surface area contributed by atoms with E-state index in [9.17, 15) is 27.6 Å². The first-order chi connectivity index (χ1) is 19.0. The minimum Gasteiger partial charge on any atom is -0.361 e. The molecule has 0 spiro atoms. The van der Waals surface area contributed by atoms with Crippen LogP contribution in [0.25, 0.3) is 5.70 Å². The van der Waals surface area contributed by atoms with Crippen molar-refractivity contribution in [3.63, 3.8) is 0 Å². The van der Waals surface area contributed by atoms with Crippen LogP contribution in [0.2, 0.25) is 0 Å². The summed E-state index contributed by atoms with van der Waals surface area (Å²) in [5.41, 5.74) is 0.643. The highest BCUT2D eigenvalue weighted by atomic mass is 19.4. The number of rotatable bonds is 8. The summed E-state index contributed by atoms with van der Waals surface area (Å²) in [6.07, 6.45) is 3.18. The third-order valence-electron chi connectivity index (χ3n) is 5.70. The Morgan fingerprint density at radius 3 is 2.62 bits per heavy atom. The fraction of sp³-hybridized carbons (Fsp3) is 0.304. The van der Waals surface area contributed by atoms with Crippen LogP contribution in [0.1, 0.15) is 46.6 Å². The maximum Gasteiger partial charge on any atom is 0.451 e. The second-order valence-corrected chi connectivity index (χ2v) is 8.49. The van der Waals surface area contributed by atoms with Gasteiger partial charge in [-0.15, -0.1) is 0 Å². The number of hydrogen-bond donors (Lipinski definition) is 3. The van der Waals surface area contributed by atoms with E-state index in [1.165, 1.54) is 24.9 Å². The van der Waals surface area contributed by atoms with E-state index in [1.54, 1.807) is 25.2 Å². The van der Waals surface area contributed by atoms with Crippen LogP contribution in [0.5, 0.6) is 0 Å². The van der Waals surface area contributed by atoms with Gasteiger partial charge in [-0.25, -0.2) is 19.7 Å². The number of alkyl halides is 3. The zero-order valence-electron chi connectivity index (χ0n) is 21.3. The second-order valence-electron chi connectivity index (χ2n) is 8.49. The van der Waals surface area contributed by atoms with Crippen molar-refractivity contribution in [2.45, 2.75) is 38.8 Å². The van der Waals surface area contributed by atoms with Crippen molar-refractivity contribution in [2.75, 3.05) is 11.9 Å². The lowest BCUT2D eigenvalue weighted by Crippen LogP contribution is -2.46. The number of allylic oxidation sites excluding steroid dienone is 2. The van der Waals surface area contributed by atoms with Gasteiger partial charge in [0, 0.05) is 37.6 Å². The molecule has 0 bridgehead atoms. The van der Waals surface area contributed by atoms with Crippen molar-refractivity contribution in [1.82, 2.24) is 45.6 Å². The number of aldehydes is 1. The average molecular weight is 560 g/mol. The number of amides is 3. The minimum absolute atomic E-state index is 0.0136. The quantitative estimate of drug-likeness (QED) is 0.345. The van der Waals surface area contributed by atoms with Crippen molar-refractivity contribution < 1.29 is 32.1 Å². The van der Waals surface area contributed by atoms with E-state index in [4.69, 9.17) is 4.52 Å². The van der Waals surface area contributed by atoms with Gasteiger partial charge in [-0.2, -0.15) is 18.2 Å². The van der Waals surface area contributed by atoms with E-state index in [1.807, 2.05) is 0 Å². The van der Waals surface area contributed by atoms with Crippen LogP contribution in [0.15, 0.2) is 41.5 Å². The number of halogens is 3. The number of aromatic nitrogens is 6. The van der Waals surface area contributed by atoms with Gasteiger partial charge in [0.25, 0.3) is 0 Å². The number of nitrogens with zero attached hydrogens (tertiary/aromatic N) is 7. The summed E-state index contributed by atoms with van der Waals surface area (Å²) in [5, 5.41) is 12.0. The fourth-order valence-corrected chi connectivity index (χ4v) is 3.63. The van der Waals surface area contributed by atoms with Gasteiger partial charge in [0.2, 0.25) is 17.6 Å². The van der Waals surface area contributed by atoms with Crippen molar-refractivity contribution in [2.24, 2.45) is 0 Å². The van der Waals surface area contributed by atoms with E-state index >= 15 is 0 Å². The number of aryl methyl sites for hydroxylation is 1. The molecule has 3 N–H and O–H groups in total. The Morgan fingerprint density at radius 1 is 1.27 bits per heavy atom. The number of urea groups is 1. The Hall–Kier alpha value is -5.09. The van der Waals surface area contributed by atoms with E-state index in [0.717, 1.165) is 17.3 Å². The molecule has 1 aliphatic heterocycles. The Bertz CT molecular complexity index is 1460. The molecule has 2 atom stereocenters. The average Bonchev–Trinajstić information content (AvgIpc) is 3.56. The molecular weight excluding hydrogens is 537 g/mol. The molecule has 0 aromatic carbocycles. The molecule has 1 unspecified atom stereocenters. The largest absolute Gasteiger partial charge is 0.451 e. The number of hydrogen-bond acceptors (Lipinski definition) is 10. The van der Waals surface area contributed by atoms with Crippen LogP contribution in [-0.2, 0) is 17.5 Å². The minimum atomic E-state index is -4.67. The number of carbonyl (C=O) groups excluding carboxylic acids is 3. The van der Waals surface area contributed by atoms with E-state index in [-0.39, 0.29) is 29.4 Å². The first-order valence-electron chi connectivity index (χ1n) is 11.7. The molecule has 3 amide bonds. The predicted octanol–water partition coefficient (Wildman–Crippen LogP) is 1.75. The maximum atomic E-state index is 13.0. The molecule has 210 valence electrons. The summed E-state index contributed by atoms with van der Waals surface area (Å²) >= 11 is 0. The van der Waals surface area contributed by atoms with Crippen molar-refractivity contribution in [3.05, 3.63) is 65.7 Å². The van der Waals surface area contributed by atoms with Crippen LogP contribution in [-0.4, -0.2) is 61.1 Å². The predicted molar refractivity (Wildman–Crippen MR) is 131 cm³/mol. The normalized spacial score (nSPS) is 15.6. The van der Waals surface area contributed by atoms with Crippen LogP contribution >= 0.6 is 0 Å². The number of carbonyl (C=O) groups is 3. The molecule has 0 fully saturated rings. The monoisotopic (exact) mass is 560 g/mol. The van der Waals surface area contributed by atoms with Gasteiger partial charge in [0.05, 0.1) is 12.9 Å². The fourth-order valence-electron chi connectivity index (χ4n) is 3.63. The molecule has 17 heteroatoms. The first-order valence-corrected chi connectivity index (χ1v) is 11.7. The SMILES string of the molecule is Cc1nc(CNC(=O)N(C)c2ncn([C@@H](C)C(=O)NC3C=CC=C(c4cnc(C(F)(F)F)nc4)N3)c2C=O)no1. The summed E-state index contributed by atoms with van der Waals surface area (Å²) in [5.74, 6) is -1.16. The summed E-state index contributed by atoms with van der Waals surface area (Å²) < 4.78 is 44.4. The van der Waals surface area contributed by atoms with Gasteiger partial charge in [-0.05, 0) is 19.1 Å². The molecular formula is C23H23F3N10O4. The standard InChI is InChI=1S/C23H23F3N10O4/c1-12(20(38)33-17-6-4-5-15(32-17)14-7-27-21(28-8-14)23(24,25)26)36-11-30-19(16(36)10-37)35(3)22(39)29-9-18-31-13(2)40-34-18/h4-8,10-12,17,32H,9H2,1-3H3,(H,29,39)(H,33,38)/t12-,17?/m0/s1. The lowest BCUT2D eigenvalue weighted by molar-refractivity contribution is -0.145. The highest BCUT2D eigenvalue weighted by molar-refractivity contribution is 5.95. The number of imidazole rings is 1. The molecule has 1 aliphatic rings. The molecule has 0 saturated carbocycles. The van der Waals surface area contributed by atoms with Crippen molar-refractivity contribution in [1.29, 1.82) is 0 Å². The maximum absolute atomic E-state index is 13.0.